The number of thiophene rings is 1. The lowest BCUT2D eigenvalue weighted by Gasteiger charge is -2.07. The molecule has 2 rings (SSSR count). The van der Waals surface area contributed by atoms with Gasteiger partial charge in [-0.3, -0.25) is 4.72 Å². The first-order chi connectivity index (χ1) is 9.55. The normalized spacial score (nSPS) is 11.5. The zero-order valence-corrected chi connectivity index (χ0v) is 13.4. The van der Waals surface area contributed by atoms with Crippen LogP contribution in [0.15, 0.2) is 45.5 Å². The van der Waals surface area contributed by atoms with Crippen molar-refractivity contribution in [2.24, 2.45) is 5.73 Å². The predicted octanol–water partition coefficient (Wildman–Crippen LogP) is 2.77. The first-order valence-electron chi connectivity index (χ1n) is 6.01. The van der Waals surface area contributed by atoms with E-state index in [0.717, 1.165) is 9.77 Å². The zero-order chi connectivity index (χ0) is 14.6. The van der Waals surface area contributed by atoms with Crippen molar-refractivity contribution in [1.82, 2.24) is 0 Å². The van der Waals surface area contributed by atoms with E-state index in [-0.39, 0.29) is 0 Å². The molecule has 1 aromatic carbocycles. The lowest BCUT2D eigenvalue weighted by Crippen LogP contribution is -2.11. The van der Waals surface area contributed by atoms with E-state index in [2.05, 4.69) is 4.72 Å². The van der Waals surface area contributed by atoms with E-state index in [4.69, 9.17) is 5.73 Å². The van der Waals surface area contributed by atoms with Gasteiger partial charge in [-0.2, -0.15) is 0 Å². The number of thioether (sulfide) groups is 1. The Kier molecular flexibility index (Phi) is 5.09. The fourth-order valence-electron chi connectivity index (χ4n) is 1.67. The molecule has 0 amide bonds. The number of anilines is 1. The van der Waals surface area contributed by atoms with Crippen molar-refractivity contribution in [3.8, 4) is 0 Å². The fourth-order valence-corrected chi connectivity index (χ4v) is 4.55. The van der Waals surface area contributed by atoms with Crippen molar-refractivity contribution in [1.29, 1.82) is 0 Å². The first kappa shape index (κ1) is 15.4. The monoisotopic (exact) mass is 328 g/mol. The van der Waals surface area contributed by atoms with E-state index < -0.39 is 10.0 Å². The summed E-state index contributed by atoms with van der Waals surface area (Å²) in [6.45, 7) is 0.517. The van der Waals surface area contributed by atoms with Crippen LogP contribution >= 0.6 is 23.1 Å². The maximum Gasteiger partial charge on any atom is 0.271 e. The number of hydrogen-bond donors (Lipinski definition) is 2. The quantitative estimate of drug-likeness (QED) is 0.800. The van der Waals surface area contributed by atoms with Crippen molar-refractivity contribution in [2.75, 3.05) is 17.5 Å². The van der Waals surface area contributed by atoms with Crippen LogP contribution in [0.4, 0.5) is 5.69 Å². The van der Waals surface area contributed by atoms with Gasteiger partial charge in [0.05, 0.1) is 0 Å². The van der Waals surface area contributed by atoms with Crippen LogP contribution in [-0.2, 0) is 16.4 Å². The molecule has 0 aliphatic heterocycles. The van der Waals surface area contributed by atoms with Gasteiger partial charge in [-0.15, -0.1) is 23.1 Å². The summed E-state index contributed by atoms with van der Waals surface area (Å²) in [7, 11) is -3.52. The van der Waals surface area contributed by atoms with Gasteiger partial charge in [0.25, 0.3) is 10.0 Å². The Bertz CT molecular complexity index is 680. The zero-order valence-electron chi connectivity index (χ0n) is 11.0. The van der Waals surface area contributed by atoms with Crippen molar-refractivity contribution >= 4 is 38.8 Å². The second-order valence-electron chi connectivity index (χ2n) is 4.10. The van der Waals surface area contributed by atoms with Crippen LogP contribution in [0.3, 0.4) is 0 Å². The maximum atomic E-state index is 12.3. The van der Waals surface area contributed by atoms with Crippen LogP contribution in [0.5, 0.6) is 0 Å². The number of hydrogen-bond acceptors (Lipinski definition) is 5. The van der Waals surface area contributed by atoms with Gasteiger partial charge in [0, 0.05) is 15.5 Å². The van der Waals surface area contributed by atoms with Gasteiger partial charge in [-0.25, -0.2) is 8.42 Å². The topological polar surface area (TPSA) is 72.2 Å². The Morgan fingerprint density at radius 3 is 2.80 bits per heavy atom. The number of nitrogens with two attached hydrogens (primary N) is 1. The Morgan fingerprint density at radius 2 is 2.10 bits per heavy atom. The van der Waals surface area contributed by atoms with Crippen LogP contribution in [0.1, 0.15) is 4.88 Å². The standard InChI is InChI=1S/C13H16N2O2S3/c1-18-12-4-2-3-10(9-12)15-20(16,17)13-6-5-11(19-13)7-8-14/h2-6,9,15H,7-8,14H2,1H3. The minimum Gasteiger partial charge on any atom is -0.330 e. The van der Waals surface area contributed by atoms with Crippen molar-refractivity contribution in [2.45, 2.75) is 15.5 Å². The Balaban J connectivity index is 2.21. The van der Waals surface area contributed by atoms with E-state index in [1.54, 1.807) is 23.9 Å². The highest BCUT2D eigenvalue weighted by molar-refractivity contribution is 7.98. The van der Waals surface area contributed by atoms with Crippen LogP contribution in [-0.4, -0.2) is 21.2 Å². The first-order valence-corrected chi connectivity index (χ1v) is 9.53. The van der Waals surface area contributed by atoms with Crippen molar-refractivity contribution in [3.05, 3.63) is 41.3 Å². The van der Waals surface area contributed by atoms with Gasteiger partial charge < -0.3 is 5.73 Å². The predicted molar refractivity (Wildman–Crippen MR) is 86.1 cm³/mol. The molecule has 0 fully saturated rings. The third-order valence-electron chi connectivity index (χ3n) is 2.61. The summed E-state index contributed by atoms with van der Waals surface area (Å²) in [6.07, 6.45) is 2.65. The second kappa shape index (κ2) is 6.62. The molecule has 0 radical (unpaired) electrons. The van der Waals surface area contributed by atoms with Crippen LogP contribution in [0.2, 0.25) is 0 Å². The second-order valence-corrected chi connectivity index (χ2v) is 8.05. The van der Waals surface area contributed by atoms with Gasteiger partial charge in [0.1, 0.15) is 4.21 Å². The molecule has 0 aliphatic carbocycles. The van der Waals surface area contributed by atoms with Gasteiger partial charge >= 0.3 is 0 Å². The summed E-state index contributed by atoms with van der Waals surface area (Å²) in [5.41, 5.74) is 6.05. The lowest BCUT2D eigenvalue weighted by atomic mass is 10.3. The maximum absolute atomic E-state index is 12.3. The molecule has 0 saturated carbocycles. The summed E-state index contributed by atoms with van der Waals surface area (Å²) in [6, 6.07) is 10.8. The summed E-state index contributed by atoms with van der Waals surface area (Å²) < 4.78 is 27.5. The molecule has 2 aromatic rings. The molecular formula is C13H16N2O2S3. The number of nitrogens with one attached hydrogen (secondary N) is 1. The van der Waals surface area contributed by atoms with Gasteiger partial charge in [-0.1, -0.05) is 6.07 Å². The Morgan fingerprint density at radius 1 is 1.30 bits per heavy atom. The van der Waals surface area contributed by atoms with Crippen LogP contribution < -0.4 is 10.5 Å². The molecule has 4 nitrogen and oxygen atoms in total. The largest absolute Gasteiger partial charge is 0.330 e. The molecule has 1 aromatic heterocycles. The molecule has 0 spiro atoms. The summed E-state index contributed by atoms with van der Waals surface area (Å²) in [5.74, 6) is 0. The highest BCUT2D eigenvalue weighted by Gasteiger charge is 2.16. The van der Waals surface area contributed by atoms with E-state index in [0.29, 0.717) is 22.9 Å². The van der Waals surface area contributed by atoms with E-state index in [1.165, 1.54) is 11.3 Å². The molecular weight excluding hydrogens is 312 g/mol. The SMILES string of the molecule is CSc1cccc(NS(=O)(=O)c2ccc(CCN)s2)c1. The molecule has 20 heavy (non-hydrogen) atoms. The Labute approximate surface area is 127 Å². The van der Waals surface area contributed by atoms with Crippen LogP contribution in [0, 0.1) is 0 Å². The fraction of sp³-hybridized carbons (Fsp3) is 0.231. The molecule has 0 aliphatic rings. The van der Waals surface area contributed by atoms with E-state index >= 15 is 0 Å². The molecule has 108 valence electrons. The minimum atomic E-state index is -3.52. The molecule has 7 heteroatoms. The third kappa shape index (κ3) is 3.76. The smallest absolute Gasteiger partial charge is 0.271 e. The van der Waals surface area contributed by atoms with Gasteiger partial charge in [-0.05, 0) is 49.6 Å². The number of rotatable bonds is 6. The molecule has 3 N–H and O–H groups in total. The number of sulfonamides is 1. The average molecular weight is 328 g/mol. The van der Waals surface area contributed by atoms with Crippen molar-refractivity contribution in [3.63, 3.8) is 0 Å². The summed E-state index contributed by atoms with van der Waals surface area (Å²) in [5, 5.41) is 0. The van der Waals surface area contributed by atoms with E-state index in [1.807, 2.05) is 30.5 Å². The highest BCUT2D eigenvalue weighted by atomic mass is 32.2. The Hall–Kier alpha value is -1.02. The lowest BCUT2D eigenvalue weighted by molar-refractivity contribution is 0.603. The minimum absolute atomic E-state index is 0.315. The van der Waals surface area contributed by atoms with Crippen molar-refractivity contribution < 1.29 is 8.42 Å². The molecule has 0 bridgehead atoms. The molecule has 0 unspecified atom stereocenters. The third-order valence-corrected chi connectivity index (χ3v) is 6.36. The molecule has 0 atom stereocenters. The van der Waals surface area contributed by atoms with Gasteiger partial charge in [0.15, 0.2) is 0 Å². The number of benzene rings is 1. The van der Waals surface area contributed by atoms with E-state index in [9.17, 15) is 8.42 Å². The summed E-state index contributed by atoms with van der Waals surface area (Å²) >= 11 is 2.83. The highest BCUT2D eigenvalue weighted by Crippen LogP contribution is 2.26. The summed E-state index contributed by atoms with van der Waals surface area (Å²) in [4.78, 5) is 1.99. The average Bonchev–Trinajstić information content (AvgIpc) is 2.88. The molecule has 0 saturated heterocycles. The van der Waals surface area contributed by atoms with Crippen LogP contribution in [0.25, 0.3) is 0 Å². The van der Waals surface area contributed by atoms with Gasteiger partial charge in [0.2, 0.25) is 0 Å². The molecule has 1 heterocycles.